The monoisotopic (exact) mass is 373 g/mol. The van der Waals surface area contributed by atoms with E-state index in [4.69, 9.17) is 4.74 Å². The molecule has 3 nitrogen and oxygen atoms in total. The van der Waals surface area contributed by atoms with Crippen LogP contribution < -0.4 is 9.64 Å². The molecular formula is C22H25F2NO2. The lowest BCUT2D eigenvalue weighted by molar-refractivity contribution is 0.0963. The number of anilines is 1. The fraction of sp³-hybridized carbons (Fsp3) is 0.409. The van der Waals surface area contributed by atoms with Gasteiger partial charge in [-0.05, 0) is 36.6 Å². The fourth-order valence-electron chi connectivity index (χ4n) is 3.73. The van der Waals surface area contributed by atoms with Gasteiger partial charge in [-0.3, -0.25) is 4.79 Å². The Morgan fingerprint density at radius 3 is 2.48 bits per heavy atom. The van der Waals surface area contributed by atoms with E-state index in [0.29, 0.717) is 24.3 Å². The maximum atomic E-state index is 15.6. The molecule has 0 spiro atoms. The second kappa shape index (κ2) is 8.07. The number of Topliss-reactive ketones (excluding diaryl/α,β-unsaturated/α-hetero) is 1. The molecule has 3 rings (SSSR count). The van der Waals surface area contributed by atoms with Gasteiger partial charge in [0.25, 0.3) is 0 Å². The molecule has 144 valence electrons. The number of carbonyl (C=O) groups excluding carboxylic acids is 1. The molecule has 0 fully saturated rings. The lowest BCUT2D eigenvalue weighted by atomic mass is 9.89. The van der Waals surface area contributed by atoms with Crippen LogP contribution in [0.2, 0.25) is 0 Å². The molecule has 2 aromatic rings. The first-order valence-electron chi connectivity index (χ1n) is 9.48. The van der Waals surface area contributed by atoms with Gasteiger partial charge in [-0.15, -0.1) is 0 Å². The van der Waals surface area contributed by atoms with Gasteiger partial charge in [0.1, 0.15) is 11.6 Å². The molecule has 0 bridgehead atoms. The molecule has 0 aliphatic carbocycles. The summed E-state index contributed by atoms with van der Waals surface area (Å²) in [6.45, 7) is 4.72. The number of nitrogens with zero attached hydrogens (tertiary/aromatic N) is 1. The highest BCUT2D eigenvalue weighted by atomic mass is 19.1. The average Bonchev–Trinajstić information content (AvgIpc) is 2.68. The van der Waals surface area contributed by atoms with Crippen LogP contribution in [0.25, 0.3) is 11.1 Å². The molecule has 27 heavy (non-hydrogen) atoms. The van der Waals surface area contributed by atoms with Crippen molar-refractivity contribution >= 4 is 11.5 Å². The van der Waals surface area contributed by atoms with Crippen molar-refractivity contribution in [2.45, 2.75) is 45.6 Å². The van der Waals surface area contributed by atoms with Crippen molar-refractivity contribution in [3.8, 4) is 16.9 Å². The van der Waals surface area contributed by atoms with Gasteiger partial charge in [0.05, 0.1) is 18.4 Å². The largest absolute Gasteiger partial charge is 0.497 e. The minimum atomic E-state index is -0.713. The van der Waals surface area contributed by atoms with Crippen molar-refractivity contribution in [2.24, 2.45) is 0 Å². The summed E-state index contributed by atoms with van der Waals surface area (Å²) in [6, 6.07) is 7.74. The highest BCUT2D eigenvalue weighted by Gasteiger charge is 2.35. The van der Waals surface area contributed by atoms with E-state index in [0.717, 1.165) is 19.3 Å². The first-order valence-corrected chi connectivity index (χ1v) is 9.48. The lowest BCUT2D eigenvalue weighted by Gasteiger charge is -2.38. The zero-order valence-electron chi connectivity index (χ0n) is 16.0. The van der Waals surface area contributed by atoms with Gasteiger partial charge in [-0.1, -0.05) is 32.4 Å². The van der Waals surface area contributed by atoms with Crippen molar-refractivity contribution in [1.29, 1.82) is 0 Å². The van der Waals surface area contributed by atoms with E-state index in [1.807, 2.05) is 11.8 Å². The van der Waals surface area contributed by atoms with Crippen LogP contribution in [0.4, 0.5) is 14.5 Å². The molecule has 2 aromatic carbocycles. The highest BCUT2D eigenvalue weighted by molar-refractivity contribution is 6.05. The Hall–Kier alpha value is -2.43. The molecule has 0 saturated carbocycles. The summed E-state index contributed by atoms with van der Waals surface area (Å²) in [5.41, 5.74) is 0.736. The van der Waals surface area contributed by atoms with Crippen LogP contribution >= 0.6 is 0 Å². The maximum absolute atomic E-state index is 15.6. The molecular weight excluding hydrogens is 348 g/mol. The Kier molecular flexibility index (Phi) is 5.78. The van der Waals surface area contributed by atoms with E-state index < -0.39 is 11.6 Å². The van der Waals surface area contributed by atoms with Crippen molar-refractivity contribution in [3.63, 3.8) is 0 Å². The molecule has 1 atom stereocenters. The standard InChI is InChI=1S/C22H25F2NO2/c1-4-6-11-25-15(5-2)12-19(26)17-13-18(23)20(21(24)22(17)25)14-7-9-16(27-3)10-8-14/h7-10,13,15H,4-6,11-12H2,1-3H3. The van der Waals surface area contributed by atoms with Crippen LogP contribution in [0, 0.1) is 11.6 Å². The van der Waals surface area contributed by atoms with E-state index in [9.17, 15) is 9.18 Å². The third kappa shape index (κ3) is 3.55. The van der Waals surface area contributed by atoms with E-state index in [1.54, 1.807) is 24.3 Å². The predicted octanol–water partition coefficient (Wildman–Crippen LogP) is 5.61. The zero-order valence-corrected chi connectivity index (χ0v) is 16.0. The van der Waals surface area contributed by atoms with Crippen LogP contribution in [0.1, 0.15) is 49.9 Å². The Morgan fingerprint density at radius 2 is 1.89 bits per heavy atom. The Balaban J connectivity index is 2.17. The average molecular weight is 373 g/mol. The van der Waals surface area contributed by atoms with Crippen molar-refractivity contribution in [2.75, 3.05) is 18.6 Å². The molecule has 0 amide bonds. The molecule has 0 aromatic heterocycles. The number of rotatable bonds is 6. The Labute approximate surface area is 158 Å². The first kappa shape index (κ1) is 19.3. The Bertz CT molecular complexity index is 833. The lowest BCUT2D eigenvalue weighted by Crippen LogP contribution is -2.42. The second-order valence-electron chi connectivity index (χ2n) is 6.91. The van der Waals surface area contributed by atoms with E-state index >= 15 is 4.39 Å². The summed E-state index contributed by atoms with van der Waals surface area (Å²) in [6.07, 6.45) is 2.89. The predicted molar refractivity (Wildman–Crippen MR) is 104 cm³/mol. The third-order valence-electron chi connectivity index (χ3n) is 5.24. The van der Waals surface area contributed by atoms with Gasteiger partial charge in [0, 0.05) is 24.6 Å². The molecule has 0 saturated heterocycles. The van der Waals surface area contributed by atoms with Gasteiger partial charge in [-0.2, -0.15) is 0 Å². The van der Waals surface area contributed by atoms with Gasteiger partial charge in [-0.25, -0.2) is 8.78 Å². The summed E-state index contributed by atoms with van der Waals surface area (Å²) in [5.74, 6) is -0.945. The van der Waals surface area contributed by atoms with E-state index in [1.165, 1.54) is 13.2 Å². The molecule has 5 heteroatoms. The first-order chi connectivity index (χ1) is 13.0. The smallest absolute Gasteiger partial charge is 0.167 e. The van der Waals surface area contributed by atoms with E-state index in [2.05, 4.69) is 6.92 Å². The molecule has 0 radical (unpaired) electrons. The number of methoxy groups -OCH3 is 1. The van der Waals surface area contributed by atoms with Crippen LogP contribution in [0.15, 0.2) is 30.3 Å². The summed E-state index contributed by atoms with van der Waals surface area (Å²) in [4.78, 5) is 14.5. The van der Waals surface area contributed by atoms with Crippen molar-refractivity contribution in [3.05, 3.63) is 47.5 Å². The Morgan fingerprint density at radius 1 is 1.19 bits per heavy atom. The second-order valence-corrected chi connectivity index (χ2v) is 6.91. The number of carbonyl (C=O) groups is 1. The van der Waals surface area contributed by atoms with Crippen molar-refractivity contribution in [1.82, 2.24) is 0 Å². The molecule has 1 heterocycles. The summed E-state index contributed by atoms with van der Waals surface area (Å²) in [7, 11) is 1.54. The summed E-state index contributed by atoms with van der Waals surface area (Å²) in [5, 5.41) is 0. The molecule has 1 aliphatic heterocycles. The van der Waals surface area contributed by atoms with Gasteiger partial charge in [0.2, 0.25) is 0 Å². The molecule has 1 aliphatic rings. The number of benzene rings is 2. The SMILES string of the molecule is CCCCN1c2c(cc(F)c(-c3ccc(OC)cc3)c2F)C(=O)CC1CC. The van der Waals surface area contributed by atoms with Crippen molar-refractivity contribution < 1.29 is 18.3 Å². The number of halogens is 2. The molecule has 1 unspecified atom stereocenters. The topological polar surface area (TPSA) is 29.5 Å². The molecule has 0 N–H and O–H groups in total. The zero-order chi connectivity index (χ0) is 19.6. The van der Waals surface area contributed by atoms with Gasteiger partial charge in [0.15, 0.2) is 11.6 Å². The number of hydrogen-bond acceptors (Lipinski definition) is 3. The number of unbranched alkanes of at least 4 members (excludes halogenated alkanes) is 1. The maximum Gasteiger partial charge on any atom is 0.167 e. The normalized spacial score (nSPS) is 16.4. The number of ether oxygens (including phenoxy) is 1. The minimum Gasteiger partial charge on any atom is -0.497 e. The number of ketones is 1. The number of fused-ring (bicyclic) bond motifs is 1. The van der Waals surface area contributed by atoms with Crippen LogP contribution in [0.3, 0.4) is 0 Å². The van der Waals surface area contributed by atoms with Crippen LogP contribution in [0.5, 0.6) is 5.75 Å². The number of hydrogen-bond donors (Lipinski definition) is 0. The summed E-state index contributed by atoms with van der Waals surface area (Å²) < 4.78 is 35.5. The third-order valence-corrected chi connectivity index (χ3v) is 5.24. The van der Waals surface area contributed by atoms with E-state index in [-0.39, 0.29) is 28.6 Å². The van der Waals surface area contributed by atoms with Gasteiger partial charge >= 0.3 is 0 Å². The minimum absolute atomic E-state index is 0.0553. The summed E-state index contributed by atoms with van der Waals surface area (Å²) >= 11 is 0. The fourth-order valence-corrected chi connectivity index (χ4v) is 3.73. The quantitative estimate of drug-likeness (QED) is 0.659. The van der Waals surface area contributed by atoms with Crippen LogP contribution in [-0.2, 0) is 0 Å². The van der Waals surface area contributed by atoms with Crippen LogP contribution in [-0.4, -0.2) is 25.5 Å². The van der Waals surface area contributed by atoms with Gasteiger partial charge < -0.3 is 9.64 Å². The highest BCUT2D eigenvalue weighted by Crippen LogP contribution is 2.40.